The third-order valence-corrected chi connectivity index (χ3v) is 4.24. The van der Waals surface area contributed by atoms with Crippen molar-refractivity contribution in [2.24, 2.45) is 0 Å². The van der Waals surface area contributed by atoms with Crippen molar-refractivity contribution in [3.63, 3.8) is 0 Å². The highest BCUT2D eigenvalue weighted by Gasteiger charge is 2.05. The van der Waals surface area contributed by atoms with Crippen LogP contribution >= 0.6 is 0 Å². The van der Waals surface area contributed by atoms with E-state index in [-0.39, 0.29) is 0 Å². The van der Waals surface area contributed by atoms with Gasteiger partial charge in [0.05, 0.1) is 20.8 Å². The van der Waals surface area contributed by atoms with Crippen molar-refractivity contribution in [2.45, 2.75) is 13.3 Å². The SMILES string of the molecule is CCOc1ccc(Nc2ccnc(NCCc3ccc(OC)c(OC)c3)n2)cc1. The second-order valence-corrected chi connectivity index (χ2v) is 6.21. The van der Waals surface area contributed by atoms with Crippen molar-refractivity contribution in [1.29, 1.82) is 0 Å². The normalized spacial score (nSPS) is 10.3. The van der Waals surface area contributed by atoms with Crippen LogP contribution in [0.1, 0.15) is 12.5 Å². The van der Waals surface area contributed by atoms with Gasteiger partial charge in [-0.25, -0.2) is 4.98 Å². The maximum atomic E-state index is 5.46. The Hall–Kier alpha value is -3.48. The van der Waals surface area contributed by atoms with E-state index in [1.165, 1.54) is 0 Å². The van der Waals surface area contributed by atoms with Gasteiger partial charge in [-0.1, -0.05) is 6.07 Å². The molecule has 2 aromatic carbocycles. The summed E-state index contributed by atoms with van der Waals surface area (Å²) < 4.78 is 16.1. The molecule has 2 N–H and O–H groups in total. The Labute approximate surface area is 171 Å². The van der Waals surface area contributed by atoms with E-state index in [1.807, 2.05) is 55.5 Å². The summed E-state index contributed by atoms with van der Waals surface area (Å²) >= 11 is 0. The fourth-order valence-corrected chi connectivity index (χ4v) is 2.82. The quantitative estimate of drug-likeness (QED) is 0.531. The minimum absolute atomic E-state index is 0.571. The van der Waals surface area contributed by atoms with Crippen molar-refractivity contribution in [3.05, 3.63) is 60.3 Å². The van der Waals surface area contributed by atoms with E-state index in [0.29, 0.717) is 19.1 Å². The molecule has 152 valence electrons. The van der Waals surface area contributed by atoms with Crippen molar-refractivity contribution in [3.8, 4) is 17.2 Å². The first kappa shape index (κ1) is 20.3. The smallest absolute Gasteiger partial charge is 0.224 e. The van der Waals surface area contributed by atoms with E-state index in [0.717, 1.165) is 40.7 Å². The Balaban J connectivity index is 1.56. The Morgan fingerprint density at radius 3 is 2.45 bits per heavy atom. The molecule has 29 heavy (non-hydrogen) atoms. The van der Waals surface area contributed by atoms with E-state index in [2.05, 4.69) is 20.6 Å². The predicted molar refractivity (Wildman–Crippen MR) is 115 cm³/mol. The largest absolute Gasteiger partial charge is 0.494 e. The van der Waals surface area contributed by atoms with Crippen LogP contribution in [0.15, 0.2) is 54.7 Å². The maximum absolute atomic E-state index is 5.46. The number of methoxy groups -OCH3 is 2. The van der Waals surface area contributed by atoms with Gasteiger partial charge in [0, 0.05) is 18.4 Å². The van der Waals surface area contributed by atoms with Gasteiger partial charge in [-0.2, -0.15) is 4.98 Å². The van der Waals surface area contributed by atoms with Crippen molar-refractivity contribution in [1.82, 2.24) is 9.97 Å². The third kappa shape index (κ3) is 5.75. The highest BCUT2D eigenvalue weighted by molar-refractivity contribution is 5.57. The molecule has 0 unspecified atom stereocenters. The van der Waals surface area contributed by atoms with Gasteiger partial charge in [0.25, 0.3) is 0 Å². The topological polar surface area (TPSA) is 77.5 Å². The minimum Gasteiger partial charge on any atom is -0.494 e. The summed E-state index contributed by atoms with van der Waals surface area (Å²) in [6.45, 7) is 3.31. The number of nitrogens with zero attached hydrogens (tertiary/aromatic N) is 2. The molecule has 3 rings (SSSR count). The lowest BCUT2D eigenvalue weighted by atomic mass is 10.1. The van der Waals surface area contributed by atoms with Crippen LogP contribution in [0, 0.1) is 0 Å². The molecule has 3 aromatic rings. The molecular weight excluding hydrogens is 368 g/mol. The summed E-state index contributed by atoms with van der Waals surface area (Å²) in [5, 5.41) is 6.53. The molecule has 0 aliphatic carbocycles. The minimum atomic E-state index is 0.571. The first-order valence-corrected chi connectivity index (χ1v) is 9.49. The number of rotatable bonds is 10. The highest BCUT2D eigenvalue weighted by atomic mass is 16.5. The lowest BCUT2D eigenvalue weighted by molar-refractivity contribution is 0.340. The van der Waals surface area contributed by atoms with Crippen molar-refractivity contribution < 1.29 is 14.2 Å². The molecule has 7 nitrogen and oxygen atoms in total. The van der Waals surface area contributed by atoms with Crippen LogP contribution in [0.25, 0.3) is 0 Å². The van der Waals surface area contributed by atoms with Gasteiger partial charge < -0.3 is 24.8 Å². The molecule has 0 amide bonds. The second kappa shape index (κ2) is 10.2. The van der Waals surface area contributed by atoms with Gasteiger partial charge in [0.1, 0.15) is 11.6 Å². The Bertz CT molecular complexity index is 916. The van der Waals surface area contributed by atoms with Gasteiger partial charge in [0.15, 0.2) is 11.5 Å². The molecule has 1 heterocycles. The fraction of sp³-hybridized carbons (Fsp3) is 0.273. The summed E-state index contributed by atoms with van der Waals surface area (Å²) in [5.74, 6) is 3.58. The number of anilines is 3. The van der Waals surface area contributed by atoms with Gasteiger partial charge in [-0.05, 0) is 61.4 Å². The van der Waals surface area contributed by atoms with Gasteiger partial charge in [-0.15, -0.1) is 0 Å². The Morgan fingerprint density at radius 1 is 0.931 bits per heavy atom. The van der Waals surface area contributed by atoms with Crippen molar-refractivity contribution >= 4 is 17.5 Å². The van der Waals surface area contributed by atoms with Gasteiger partial charge in [0.2, 0.25) is 5.95 Å². The van der Waals surface area contributed by atoms with Crippen LogP contribution in [0.2, 0.25) is 0 Å². The molecule has 0 atom stereocenters. The van der Waals surface area contributed by atoms with E-state index >= 15 is 0 Å². The third-order valence-electron chi connectivity index (χ3n) is 4.24. The summed E-state index contributed by atoms with van der Waals surface area (Å²) in [4.78, 5) is 8.79. The lowest BCUT2D eigenvalue weighted by Gasteiger charge is -2.11. The van der Waals surface area contributed by atoms with Gasteiger partial charge in [-0.3, -0.25) is 0 Å². The monoisotopic (exact) mass is 394 g/mol. The summed E-state index contributed by atoms with van der Waals surface area (Å²) in [7, 11) is 3.27. The molecule has 0 saturated heterocycles. The van der Waals surface area contributed by atoms with Gasteiger partial charge >= 0.3 is 0 Å². The Morgan fingerprint density at radius 2 is 1.72 bits per heavy atom. The standard InChI is InChI=1S/C22H26N4O3/c1-4-29-18-8-6-17(7-9-18)25-21-12-14-24-22(26-21)23-13-11-16-5-10-19(27-2)20(15-16)28-3/h5-10,12,14-15H,4,11,13H2,1-3H3,(H2,23,24,25,26). The number of benzene rings is 2. The predicted octanol–water partition coefficient (Wildman–Crippen LogP) is 4.29. The van der Waals surface area contributed by atoms with Crippen LogP contribution in [0.4, 0.5) is 17.5 Å². The molecule has 0 spiro atoms. The average molecular weight is 394 g/mol. The zero-order valence-corrected chi connectivity index (χ0v) is 16.9. The molecular formula is C22H26N4O3. The van der Waals surface area contributed by atoms with Crippen LogP contribution in [0.5, 0.6) is 17.2 Å². The van der Waals surface area contributed by atoms with E-state index in [9.17, 15) is 0 Å². The molecule has 1 aromatic heterocycles. The van der Waals surface area contributed by atoms with Crippen molar-refractivity contribution in [2.75, 3.05) is 38.0 Å². The first-order chi connectivity index (χ1) is 14.2. The van der Waals surface area contributed by atoms with E-state index < -0.39 is 0 Å². The van der Waals surface area contributed by atoms with Crippen LogP contribution in [-0.4, -0.2) is 37.3 Å². The summed E-state index contributed by atoms with van der Waals surface area (Å²) in [6, 6.07) is 15.5. The van der Waals surface area contributed by atoms with Crippen LogP contribution < -0.4 is 24.8 Å². The number of hydrogen-bond donors (Lipinski definition) is 2. The van der Waals surface area contributed by atoms with E-state index in [4.69, 9.17) is 14.2 Å². The van der Waals surface area contributed by atoms with Crippen LogP contribution in [0.3, 0.4) is 0 Å². The molecule has 7 heteroatoms. The fourth-order valence-electron chi connectivity index (χ4n) is 2.82. The number of hydrogen-bond acceptors (Lipinski definition) is 7. The zero-order valence-electron chi connectivity index (χ0n) is 16.9. The first-order valence-electron chi connectivity index (χ1n) is 9.49. The molecule has 0 fully saturated rings. The second-order valence-electron chi connectivity index (χ2n) is 6.21. The number of nitrogens with one attached hydrogen (secondary N) is 2. The Kier molecular flexibility index (Phi) is 7.10. The average Bonchev–Trinajstić information content (AvgIpc) is 2.75. The van der Waals surface area contributed by atoms with Crippen LogP contribution in [-0.2, 0) is 6.42 Å². The zero-order chi connectivity index (χ0) is 20.5. The van der Waals surface area contributed by atoms with E-state index in [1.54, 1.807) is 20.4 Å². The summed E-state index contributed by atoms with van der Waals surface area (Å²) in [6.07, 6.45) is 2.53. The molecule has 0 bridgehead atoms. The summed E-state index contributed by atoms with van der Waals surface area (Å²) in [5.41, 5.74) is 2.07. The number of ether oxygens (including phenoxy) is 3. The molecule has 0 saturated carbocycles. The lowest BCUT2D eigenvalue weighted by Crippen LogP contribution is -2.09. The molecule has 0 aliphatic rings. The molecule has 0 aliphatic heterocycles. The molecule has 0 radical (unpaired) electrons. The number of aromatic nitrogens is 2. The highest BCUT2D eigenvalue weighted by Crippen LogP contribution is 2.27. The maximum Gasteiger partial charge on any atom is 0.224 e.